The van der Waals surface area contributed by atoms with E-state index in [4.69, 9.17) is 0 Å². The summed E-state index contributed by atoms with van der Waals surface area (Å²) in [6, 6.07) is 4.59. The Labute approximate surface area is 183 Å². The van der Waals surface area contributed by atoms with Gasteiger partial charge < -0.3 is 10.2 Å². The third kappa shape index (κ3) is 4.02. The number of anilines is 1. The van der Waals surface area contributed by atoms with Gasteiger partial charge in [-0.15, -0.1) is 0 Å². The Morgan fingerprint density at radius 2 is 1.72 bits per heavy atom. The number of hydrogen-bond acceptors (Lipinski definition) is 6. The average Bonchev–Trinajstić information content (AvgIpc) is 3.47. The molecule has 2 aromatic heterocycles. The van der Waals surface area contributed by atoms with Crippen molar-refractivity contribution in [2.75, 3.05) is 18.4 Å². The number of halogens is 2. The standard InChI is InChI=1S/C23H22F2N6O/c1-13(32)31-6-3-16(12-31)30-20-8-14(7-19(24)21(20)25)17-9-18(17)15-10-28-23(29-11-15)22-26-4-2-5-27-22/h2,4-5,7-8,10-11,16-18,30H,3,6,9,12H2,1H3. The molecule has 1 aliphatic carbocycles. The van der Waals surface area contributed by atoms with E-state index in [0.29, 0.717) is 31.2 Å². The maximum Gasteiger partial charge on any atom is 0.219 e. The third-order valence-corrected chi connectivity index (χ3v) is 6.13. The van der Waals surface area contributed by atoms with Gasteiger partial charge in [-0.2, -0.15) is 0 Å². The molecule has 0 spiro atoms. The fourth-order valence-corrected chi connectivity index (χ4v) is 4.30. The second-order valence-electron chi connectivity index (χ2n) is 8.32. The summed E-state index contributed by atoms with van der Waals surface area (Å²) < 4.78 is 28.8. The van der Waals surface area contributed by atoms with Crippen molar-refractivity contribution in [2.45, 2.75) is 37.6 Å². The van der Waals surface area contributed by atoms with Gasteiger partial charge in [0.15, 0.2) is 23.3 Å². The summed E-state index contributed by atoms with van der Waals surface area (Å²) in [5.74, 6) is -0.640. The van der Waals surface area contributed by atoms with Crippen molar-refractivity contribution in [3.63, 3.8) is 0 Å². The largest absolute Gasteiger partial charge is 0.378 e. The molecule has 32 heavy (non-hydrogen) atoms. The van der Waals surface area contributed by atoms with Crippen LogP contribution in [0.1, 0.15) is 42.7 Å². The molecular weight excluding hydrogens is 414 g/mol. The molecule has 0 radical (unpaired) electrons. The topological polar surface area (TPSA) is 83.9 Å². The van der Waals surface area contributed by atoms with E-state index in [1.807, 2.05) is 0 Å². The number of carbonyl (C=O) groups is 1. The summed E-state index contributed by atoms with van der Waals surface area (Å²) in [5.41, 5.74) is 1.84. The van der Waals surface area contributed by atoms with Crippen LogP contribution in [0.15, 0.2) is 43.0 Å². The summed E-state index contributed by atoms with van der Waals surface area (Å²) in [6.07, 6.45) is 8.28. The molecule has 2 aliphatic rings. The summed E-state index contributed by atoms with van der Waals surface area (Å²) in [5, 5.41) is 3.09. The van der Waals surface area contributed by atoms with Crippen molar-refractivity contribution in [2.24, 2.45) is 0 Å². The molecule has 164 valence electrons. The maximum atomic E-state index is 14.5. The number of amides is 1. The predicted molar refractivity (Wildman–Crippen MR) is 114 cm³/mol. The summed E-state index contributed by atoms with van der Waals surface area (Å²) in [4.78, 5) is 30.3. The highest BCUT2D eigenvalue weighted by Gasteiger charge is 2.41. The van der Waals surface area contributed by atoms with Crippen LogP contribution < -0.4 is 5.32 Å². The van der Waals surface area contributed by atoms with Crippen molar-refractivity contribution in [3.8, 4) is 11.6 Å². The van der Waals surface area contributed by atoms with Crippen LogP contribution in [0.25, 0.3) is 11.6 Å². The Bertz CT molecular complexity index is 1140. The van der Waals surface area contributed by atoms with Crippen molar-refractivity contribution in [3.05, 3.63) is 65.7 Å². The molecule has 5 rings (SSSR count). The van der Waals surface area contributed by atoms with Gasteiger partial charge in [-0.05, 0) is 54.0 Å². The van der Waals surface area contributed by atoms with E-state index in [2.05, 4.69) is 25.3 Å². The van der Waals surface area contributed by atoms with Crippen molar-refractivity contribution >= 4 is 11.6 Å². The van der Waals surface area contributed by atoms with Crippen LogP contribution >= 0.6 is 0 Å². The van der Waals surface area contributed by atoms with E-state index in [1.54, 1.807) is 41.8 Å². The van der Waals surface area contributed by atoms with Crippen LogP contribution in [0.5, 0.6) is 0 Å². The zero-order valence-electron chi connectivity index (χ0n) is 17.5. The van der Waals surface area contributed by atoms with Crippen LogP contribution in [0.2, 0.25) is 0 Å². The molecule has 1 saturated heterocycles. The van der Waals surface area contributed by atoms with Crippen LogP contribution in [0.4, 0.5) is 14.5 Å². The minimum absolute atomic E-state index is 0.0115. The van der Waals surface area contributed by atoms with Crippen LogP contribution in [0, 0.1) is 11.6 Å². The Hall–Kier alpha value is -3.49. The third-order valence-electron chi connectivity index (χ3n) is 6.13. The Morgan fingerprint density at radius 1 is 1.03 bits per heavy atom. The number of hydrogen-bond donors (Lipinski definition) is 1. The first-order valence-corrected chi connectivity index (χ1v) is 10.6. The normalized spacial score (nSPS) is 22.1. The molecule has 3 aromatic rings. The SMILES string of the molecule is CC(=O)N1CCC(Nc2cc(C3CC3c3cnc(-c4ncccn4)nc3)cc(F)c2F)C1. The molecule has 7 nitrogen and oxygen atoms in total. The average molecular weight is 436 g/mol. The first kappa shape index (κ1) is 20.4. The maximum absolute atomic E-state index is 14.5. The fraction of sp³-hybridized carbons (Fsp3) is 0.348. The first-order valence-electron chi connectivity index (χ1n) is 10.6. The zero-order valence-corrected chi connectivity index (χ0v) is 17.5. The molecule has 0 bridgehead atoms. The zero-order chi connectivity index (χ0) is 22.2. The Morgan fingerprint density at radius 3 is 2.41 bits per heavy atom. The molecular formula is C23H22F2N6O. The molecule has 3 atom stereocenters. The minimum atomic E-state index is -0.886. The molecule has 2 fully saturated rings. The highest BCUT2D eigenvalue weighted by atomic mass is 19.2. The molecule has 9 heteroatoms. The van der Waals surface area contributed by atoms with Gasteiger partial charge >= 0.3 is 0 Å². The number of carbonyl (C=O) groups excluding carboxylic acids is 1. The van der Waals surface area contributed by atoms with E-state index >= 15 is 0 Å². The highest BCUT2D eigenvalue weighted by Crippen LogP contribution is 2.55. The lowest BCUT2D eigenvalue weighted by atomic mass is 10.0. The number of rotatable bonds is 5. The fourth-order valence-electron chi connectivity index (χ4n) is 4.30. The van der Waals surface area contributed by atoms with Crippen LogP contribution in [-0.4, -0.2) is 49.9 Å². The van der Waals surface area contributed by atoms with Gasteiger partial charge in [0.25, 0.3) is 0 Å². The molecule has 1 amide bonds. The van der Waals surface area contributed by atoms with Crippen LogP contribution in [-0.2, 0) is 4.79 Å². The number of benzene rings is 1. The molecule has 1 aromatic carbocycles. The van der Waals surface area contributed by atoms with Crippen molar-refractivity contribution < 1.29 is 13.6 Å². The van der Waals surface area contributed by atoms with E-state index in [1.165, 1.54) is 13.0 Å². The monoisotopic (exact) mass is 436 g/mol. The number of nitrogens with zero attached hydrogens (tertiary/aromatic N) is 5. The minimum Gasteiger partial charge on any atom is -0.378 e. The Kier molecular flexibility index (Phi) is 5.24. The van der Waals surface area contributed by atoms with E-state index < -0.39 is 11.6 Å². The van der Waals surface area contributed by atoms with Gasteiger partial charge in [-0.1, -0.05) is 0 Å². The quantitative estimate of drug-likeness (QED) is 0.659. The van der Waals surface area contributed by atoms with Crippen LogP contribution in [0.3, 0.4) is 0 Å². The number of nitrogens with one attached hydrogen (secondary N) is 1. The van der Waals surface area contributed by atoms with E-state index in [-0.39, 0.29) is 29.5 Å². The number of likely N-dealkylation sites (tertiary alicyclic amines) is 1. The van der Waals surface area contributed by atoms with E-state index in [0.717, 1.165) is 17.5 Å². The van der Waals surface area contributed by atoms with Crippen molar-refractivity contribution in [1.29, 1.82) is 0 Å². The van der Waals surface area contributed by atoms with Crippen molar-refractivity contribution in [1.82, 2.24) is 24.8 Å². The molecule has 3 heterocycles. The Balaban J connectivity index is 1.30. The second-order valence-corrected chi connectivity index (χ2v) is 8.32. The van der Waals surface area contributed by atoms with Gasteiger partial charge in [0.05, 0.1) is 5.69 Å². The summed E-state index contributed by atoms with van der Waals surface area (Å²) in [6.45, 7) is 2.62. The van der Waals surface area contributed by atoms with Gasteiger partial charge in [0.1, 0.15) is 0 Å². The lowest BCUT2D eigenvalue weighted by molar-refractivity contribution is -0.127. The lowest BCUT2D eigenvalue weighted by Crippen LogP contribution is -2.29. The first-order chi connectivity index (χ1) is 15.5. The lowest BCUT2D eigenvalue weighted by Gasteiger charge is -2.17. The molecule has 3 unspecified atom stereocenters. The molecule has 1 N–H and O–H groups in total. The molecule has 1 aliphatic heterocycles. The summed E-state index contributed by atoms with van der Waals surface area (Å²) in [7, 11) is 0. The number of aromatic nitrogens is 4. The predicted octanol–water partition coefficient (Wildman–Crippen LogP) is 3.52. The highest BCUT2D eigenvalue weighted by molar-refractivity contribution is 5.73. The van der Waals surface area contributed by atoms with Gasteiger partial charge in [0.2, 0.25) is 5.91 Å². The van der Waals surface area contributed by atoms with Gasteiger partial charge in [0, 0.05) is 50.8 Å². The van der Waals surface area contributed by atoms with E-state index in [9.17, 15) is 13.6 Å². The van der Waals surface area contributed by atoms with Gasteiger partial charge in [-0.25, -0.2) is 28.7 Å². The molecule has 1 saturated carbocycles. The second kappa shape index (κ2) is 8.22. The summed E-state index contributed by atoms with van der Waals surface area (Å²) >= 11 is 0. The smallest absolute Gasteiger partial charge is 0.219 e. The van der Waals surface area contributed by atoms with Gasteiger partial charge in [-0.3, -0.25) is 4.79 Å².